The Morgan fingerprint density at radius 2 is 1.75 bits per heavy atom. The molecule has 0 bridgehead atoms. The quantitative estimate of drug-likeness (QED) is 0.189. The van der Waals surface area contributed by atoms with Crippen molar-refractivity contribution in [3.63, 3.8) is 0 Å². The summed E-state index contributed by atoms with van der Waals surface area (Å²) < 4.78 is 0. The van der Waals surface area contributed by atoms with Crippen molar-refractivity contribution in [3.8, 4) is 0 Å². The largest absolute Gasteiger partial charge is 0.103 e. The number of allylic oxidation sites excluding steroid dienone is 5. The predicted molar refractivity (Wildman–Crippen MR) is 94.1 cm³/mol. The molecule has 0 aliphatic heterocycles. The van der Waals surface area contributed by atoms with E-state index in [1.54, 1.807) is 5.57 Å². The fourth-order valence-corrected chi connectivity index (χ4v) is 2.21. The van der Waals surface area contributed by atoms with Crippen LogP contribution in [0.25, 0.3) is 0 Å². The summed E-state index contributed by atoms with van der Waals surface area (Å²) in [5, 5.41) is 0. The SMILES string of the molecule is C=CCCCCCCC(C=CCC(C)C)=CCCCC. The molecule has 116 valence electrons. The van der Waals surface area contributed by atoms with Crippen LogP contribution >= 0.6 is 0 Å². The predicted octanol–water partition coefficient (Wildman–Crippen LogP) is 7.23. The van der Waals surface area contributed by atoms with Crippen molar-refractivity contribution in [2.24, 2.45) is 5.92 Å². The Balaban J connectivity index is 4.01. The maximum Gasteiger partial charge on any atom is -0.0282 e. The first-order valence-electron chi connectivity index (χ1n) is 8.67. The zero-order valence-corrected chi connectivity index (χ0v) is 14.2. The first-order chi connectivity index (χ1) is 9.70. The molecule has 0 saturated heterocycles. The molecule has 0 amide bonds. The van der Waals surface area contributed by atoms with Gasteiger partial charge in [0.1, 0.15) is 0 Å². The Hall–Kier alpha value is -0.780. The Bertz CT molecular complexity index is 268. The van der Waals surface area contributed by atoms with Crippen LogP contribution in [0.3, 0.4) is 0 Å². The average molecular weight is 277 g/mol. The van der Waals surface area contributed by atoms with E-state index in [0.29, 0.717) is 0 Å². The summed E-state index contributed by atoms with van der Waals surface area (Å²) in [5.74, 6) is 0.766. The molecule has 0 aliphatic rings. The van der Waals surface area contributed by atoms with Gasteiger partial charge in [-0.15, -0.1) is 6.58 Å². The van der Waals surface area contributed by atoms with Crippen LogP contribution in [0.2, 0.25) is 0 Å². The van der Waals surface area contributed by atoms with E-state index < -0.39 is 0 Å². The Labute approximate surface area is 128 Å². The Kier molecular flexibility index (Phi) is 14.1. The smallest absolute Gasteiger partial charge is 0.0282 e. The van der Waals surface area contributed by atoms with Gasteiger partial charge in [0.15, 0.2) is 0 Å². The maximum atomic E-state index is 3.78. The van der Waals surface area contributed by atoms with Crippen molar-refractivity contribution in [1.82, 2.24) is 0 Å². The van der Waals surface area contributed by atoms with Crippen LogP contribution in [-0.4, -0.2) is 0 Å². The number of hydrogen-bond donors (Lipinski definition) is 0. The standard InChI is InChI=1S/C20H36/c1-5-7-9-10-11-13-17-20(16-12-8-6-2)18-14-15-19(3)4/h5,14,16,18-19H,1,6-13,15,17H2,2-4H3. The molecule has 0 atom stereocenters. The fourth-order valence-electron chi connectivity index (χ4n) is 2.21. The molecule has 0 spiro atoms. The molecule has 0 nitrogen and oxygen atoms in total. The molecule has 0 heterocycles. The van der Waals surface area contributed by atoms with Crippen molar-refractivity contribution in [3.05, 3.63) is 36.5 Å². The maximum absolute atomic E-state index is 3.78. The van der Waals surface area contributed by atoms with Gasteiger partial charge < -0.3 is 0 Å². The molecule has 20 heavy (non-hydrogen) atoms. The number of hydrogen-bond acceptors (Lipinski definition) is 0. The lowest BCUT2D eigenvalue weighted by atomic mass is 10.0. The zero-order valence-electron chi connectivity index (χ0n) is 14.2. The second-order valence-electron chi connectivity index (χ2n) is 6.19. The molecule has 0 saturated carbocycles. The third-order valence-electron chi connectivity index (χ3n) is 3.53. The van der Waals surface area contributed by atoms with Crippen molar-refractivity contribution >= 4 is 0 Å². The zero-order chi connectivity index (χ0) is 15.1. The van der Waals surface area contributed by atoms with Gasteiger partial charge in [0.05, 0.1) is 0 Å². The normalized spacial score (nSPS) is 12.5. The van der Waals surface area contributed by atoms with E-state index in [1.807, 2.05) is 6.08 Å². The third-order valence-corrected chi connectivity index (χ3v) is 3.53. The van der Waals surface area contributed by atoms with Gasteiger partial charge in [-0.05, 0) is 44.4 Å². The second kappa shape index (κ2) is 14.6. The van der Waals surface area contributed by atoms with Crippen molar-refractivity contribution in [1.29, 1.82) is 0 Å². The van der Waals surface area contributed by atoms with Crippen LogP contribution in [0, 0.1) is 5.92 Å². The van der Waals surface area contributed by atoms with Crippen LogP contribution in [0.15, 0.2) is 36.5 Å². The molecule has 0 aromatic heterocycles. The van der Waals surface area contributed by atoms with Crippen LogP contribution in [0.5, 0.6) is 0 Å². The summed E-state index contributed by atoms with van der Waals surface area (Å²) in [4.78, 5) is 0. The van der Waals surface area contributed by atoms with Gasteiger partial charge in [0.25, 0.3) is 0 Å². The highest BCUT2D eigenvalue weighted by molar-refractivity contribution is 5.18. The summed E-state index contributed by atoms with van der Waals surface area (Å²) >= 11 is 0. The van der Waals surface area contributed by atoms with Gasteiger partial charge in [-0.2, -0.15) is 0 Å². The van der Waals surface area contributed by atoms with E-state index in [2.05, 4.69) is 45.6 Å². The minimum atomic E-state index is 0.766. The number of unbranched alkanes of at least 4 members (excludes halogenated alkanes) is 6. The number of rotatable bonds is 13. The Morgan fingerprint density at radius 1 is 1.00 bits per heavy atom. The van der Waals surface area contributed by atoms with E-state index in [4.69, 9.17) is 0 Å². The summed E-state index contributed by atoms with van der Waals surface area (Å²) in [7, 11) is 0. The lowest BCUT2D eigenvalue weighted by molar-refractivity contribution is 0.644. The van der Waals surface area contributed by atoms with Crippen molar-refractivity contribution in [2.45, 2.75) is 85.0 Å². The summed E-state index contributed by atoms with van der Waals surface area (Å²) in [6, 6.07) is 0. The highest BCUT2D eigenvalue weighted by Crippen LogP contribution is 2.15. The summed E-state index contributed by atoms with van der Waals surface area (Å²) in [6.07, 6.45) is 22.1. The van der Waals surface area contributed by atoms with Gasteiger partial charge in [-0.25, -0.2) is 0 Å². The highest BCUT2D eigenvalue weighted by atomic mass is 14.0. The van der Waals surface area contributed by atoms with E-state index in [9.17, 15) is 0 Å². The first-order valence-corrected chi connectivity index (χ1v) is 8.67. The molecule has 0 unspecified atom stereocenters. The van der Waals surface area contributed by atoms with E-state index >= 15 is 0 Å². The minimum absolute atomic E-state index is 0.766. The molecule has 0 aliphatic carbocycles. The molecule has 0 radical (unpaired) electrons. The molecule has 0 rings (SSSR count). The summed E-state index contributed by atoms with van der Waals surface area (Å²) in [6.45, 7) is 10.6. The fraction of sp³-hybridized carbons (Fsp3) is 0.700. The van der Waals surface area contributed by atoms with Gasteiger partial charge in [0.2, 0.25) is 0 Å². The van der Waals surface area contributed by atoms with E-state index in [1.165, 1.54) is 64.2 Å². The van der Waals surface area contributed by atoms with E-state index in [0.717, 1.165) is 5.92 Å². The van der Waals surface area contributed by atoms with Gasteiger partial charge in [-0.3, -0.25) is 0 Å². The van der Waals surface area contributed by atoms with Gasteiger partial charge >= 0.3 is 0 Å². The lowest BCUT2D eigenvalue weighted by Gasteiger charge is -2.04. The van der Waals surface area contributed by atoms with Crippen LogP contribution in [0.1, 0.15) is 85.0 Å². The molecule has 0 aromatic carbocycles. The first kappa shape index (κ1) is 19.2. The second-order valence-corrected chi connectivity index (χ2v) is 6.19. The molecule has 0 N–H and O–H groups in total. The molecule has 0 heteroatoms. The van der Waals surface area contributed by atoms with Crippen LogP contribution in [0.4, 0.5) is 0 Å². The average Bonchev–Trinajstić information content (AvgIpc) is 2.42. The van der Waals surface area contributed by atoms with Crippen LogP contribution < -0.4 is 0 Å². The van der Waals surface area contributed by atoms with Gasteiger partial charge in [-0.1, -0.05) is 76.3 Å². The molecule has 0 aromatic rings. The monoisotopic (exact) mass is 276 g/mol. The van der Waals surface area contributed by atoms with Gasteiger partial charge in [0, 0.05) is 0 Å². The molecule has 0 fully saturated rings. The van der Waals surface area contributed by atoms with Crippen LogP contribution in [-0.2, 0) is 0 Å². The molecular formula is C20H36. The Morgan fingerprint density at radius 3 is 2.40 bits per heavy atom. The van der Waals surface area contributed by atoms with Crippen molar-refractivity contribution < 1.29 is 0 Å². The highest BCUT2D eigenvalue weighted by Gasteiger charge is 1.96. The topological polar surface area (TPSA) is 0 Å². The van der Waals surface area contributed by atoms with Crippen molar-refractivity contribution in [2.75, 3.05) is 0 Å². The minimum Gasteiger partial charge on any atom is -0.103 e. The third kappa shape index (κ3) is 13.6. The summed E-state index contributed by atoms with van der Waals surface area (Å²) in [5.41, 5.74) is 1.56. The van der Waals surface area contributed by atoms with E-state index in [-0.39, 0.29) is 0 Å². The lowest BCUT2D eigenvalue weighted by Crippen LogP contribution is -1.85. The molecular weight excluding hydrogens is 240 g/mol.